The molecule has 15 heavy (non-hydrogen) atoms. The number of nitrogens with one attached hydrogen (secondary N) is 1. The number of hydrogen-bond acceptors (Lipinski definition) is 4. The molecule has 1 aromatic heterocycles. The van der Waals surface area contributed by atoms with Gasteiger partial charge in [0.25, 0.3) is 0 Å². The zero-order chi connectivity index (χ0) is 10.5. The average Bonchev–Trinajstić information content (AvgIpc) is 2.31. The predicted octanol–water partition coefficient (Wildman–Crippen LogP) is 1.37. The van der Waals surface area contributed by atoms with Crippen LogP contribution in [0.15, 0.2) is 18.6 Å². The Morgan fingerprint density at radius 1 is 1.40 bits per heavy atom. The zero-order valence-corrected chi connectivity index (χ0v) is 9.19. The first-order valence-electron chi connectivity index (χ1n) is 5.63. The highest BCUT2D eigenvalue weighted by atomic mass is 15.1. The van der Waals surface area contributed by atoms with E-state index in [9.17, 15) is 0 Å². The molecule has 1 saturated heterocycles. The molecule has 0 aliphatic carbocycles. The van der Waals surface area contributed by atoms with Crippen LogP contribution in [0.1, 0.15) is 19.8 Å². The van der Waals surface area contributed by atoms with Crippen molar-refractivity contribution < 1.29 is 0 Å². The van der Waals surface area contributed by atoms with Crippen molar-refractivity contribution in [2.75, 3.05) is 25.0 Å². The van der Waals surface area contributed by atoms with Gasteiger partial charge in [0.15, 0.2) is 0 Å². The molecule has 0 atom stereocenters. The second-order valence-corrected chi connectivity index (χ2v) is 3.94. The summed E-state index contributed by atoms with van der Waals surface area (Å²) in [5, 5.41) is 3.43. The van der Waals surface area contributed by atoms with Crippen LogP contribution in [0.5, 0.6) is 0 Å². The maximum Gasteiger partial charge on any atom is 0.144 e. The van der Waals surface area contributed by atoms with Crippen LogP contribution in [0.2, 0.25) is 0 Å². The molecule has 0 spiro atoms. The molecule has 0 amide bonds. The lowest BCUT2D eigenvalue weighted by atomic mass is 10.1. The van der Waals surface area contributed by atoms with Gasteiger partial charge in [-0.2, -0.15) is 0 Å². The van der Waals surface area contributed by atoms with E-state index in [2.05, 4.69) is 27.1 Å². The molecular weight excluding hydrogens is 188 g/mol. The summed E-state index contributed by atoms with van der Waals surface area (Å²) in [6.45, 7) is 5.76. The van der Waals surface area contributed by atoms with Crippen molar-refractivity contribution in [1.29, 1.82) is 0 Å². The molecule has 0 unspecified atom stereocenters. The molecule has 0 bridgehead atoms. The molecule has 1 fully saturated rings. The summed E-state index contributed by atoms with van der Waals surface area (Å²) in [6.07, 6.45) is 7.61. The van der Waals surface area contributed by atoms with Crippen molar-refractivity contribution in [1.82, 2.24) is 14.9 Å². The summed E-state index contributed by atoms with van der Waals surface area (Å²) >= 11 is 0. The molecule has 1 N–H and O–H groups in total. The number of nitrogens with zero attached hydrogens (tertiary/aromatic N) is 3. The maximum absolute atomic E-state index is 4.22. The number of hydrogen-bond donors (Lipinski definition) is 1. The fourth-order valence-corrected chi connectivity index (χ4v) is 1.98. The van der Waals surface area contributed by atoms with Gasteiger partial charge in [-0.3, -0.25) is 4.98 Å². The highest BCUT2D eigenvalue weighted by Gasteiger charge is 2.17. The lowest BCUT2D eigenvalue weighted by molar-refractivity contribution is 0.229. The minimum Gasteiger partial charge on any atom is -0.366 e. The van der Waals surface area contributed by atoms with Crippen molar-refractivity contribution >= 4 is 5.82 Å². The quantitative estimate of drug-likeness (QED) is 0.811. The van der Waals surface area contributed by atoms with Gasteiger partial charge < -0.3 is 10.2 Å². The van der Waals surface area contributed by atoms with E-state index < -0.39 is 0 Å². The zero-order valence-electron chi connectivity index (χ0n) is 9.19. The van der Waals surface area contributed by atoms with Crippen molar-refractivity contribution in [2.24, 2.45) is 0 Å². The highest BCUT2D eigenvalue weighted by molar-refractivity contribution is 5.31. The summed E-state index contributed by atoms with van der Waals surface area (Å²) < 4.78 is 0. The van der Waals surface area contributed by atoms with Crippen LogP contribution in [0.25, 0.3) is 0 Å². The smallest absolute Gasteiger partial charge is 0.144 e. The van der Waals surface area contributed by atoms with E-state index >= 15 is 0 Å². The number of likely N-dealkylation sites (tertiary alicyclic amines) is 1. The Balaban J connectivity index is 1.82. The van der Waals surface area contributed by atoms with Crippen LogP contribution in [0.4, 0.5) is 5.82 Å². The topological polar surface area (TPSA) is 41.0 Å². The Labute approximate surface area is 90.7 Å². The van der Waals surface area contributed by atoms with Crippen molar-refractivity contribution in [3.63, 3.8) is 0 Å². The third-order valence-corrected chi connectivity index (χ3v) is 2.95. The van der Waals surface area contributed by atoms with E-state index in [0.29, 0.717) is 6.04 Å². The molecule has 1 aliphatic heterocycles. The number of aromatic nitrogens is 2. The Morgan fingerprint density at radius 2 is 2.20 bits per heavy atom. The predicted molar refractivity (Wildman–Crippen MR) is 60.8 cm³/mol. The third-order valence-electron chi connectivity index (χ3n) is 2.95. The number of piperidine rings is 1. The van der Waals surface area contributed by atoms with Gasteiger partial charge in [0.05, 0.1) is 6.20 Å². The highest BCUT2D eigenvalue weighted by Crippen LogP contribution is 2.13. The van der Waals surface area contributed by atoms with Crippen molar-refractivity contribution in [3.8, 4) is 0 Å². The normalized spacial score (nSPS) is 19.0. The van der Waals surface area contributed by atoms with E-state index in [0.717, 1.165) is 12.4 Å². The van der Waals surface area contributed by atoms with Gasteiger partial charge in [0.1, 0.15) is 5.82 Å². The molecule has 2 rings (SSSR count). The van der Waals surface area contributed by atoms with Crippen LogP contribution in [0, 0.1) is 0 Å². The van der Waals surface area contributed by atoms with Crippen LogP contribution in [0.3, 0.4) is 0 Å². The van der Waals surface area contributed by atoms with Gasteiger partial charge in [-0.25, -0.2) is 4.98 Å². The maximum atomic E-state index is 4.22. The Kier molecular flexibility index (Phi) is 3.50. The second-order valence-electron chi connectivity index (χ2n) is 3.94. The molecule has 1 aromatic rings. The first-order chi connectivity index (χ1) is 7.38. The number of rotatable bonds is 3. The van der Waals surface area contributed by atoms with Gasteiger partial charge in [0, 0.05) is 31.5 Å². The monoisotopic (exact) mass is 206 g/mol. The molecule has 4 heteroatoms. The van der Waals surface area contributed by atoms with E-state index in [1.807, 2.05) is 0 Å². The lowest BCUT2D eigenvalue weighted by Gasteiger charge is -2.31. The Morgan fingerprint density at radius 3 is 2.80 bits per heavy atom. The molecule has 82 valence electrons. The van der Waals surface area contributed by atoms with E-state index in [1.165, 1.54) is 25.9 Å². The lowest BCUT2D eigenvalue weighted by Crippen LogP contribution is -2.38. The average molecular weight is 206 g/mol. The first kappa shape index (κ1) is 10.4. The van der Waals surface area contributed by atoms with Gasteiger partial charge in [-0.15, -0.1) is 0 Å². The summed E-state index contributed by atoms with van der Waals surface area (Å²) in [7, 11) is 0. The summed E-state index contributed by atoms with van der Waals surface area (Å²) in [6, 6.07) is 0.560. The summed E-state index contributed by atoms with van der Waals surface area (Å²) in [5.74, 6) is 0.896. The largest absolute Gasteiger partial charge is 0.366 e. The fourth-order valence-electron chi connectivity index (χ4n) is 1.98. The minimum absolute atomic E-state index is 0.560. The van der Waals surface area contributed by atoms with Crippen molar-refractivity contribution in [3.05, 3.63) is 18.6 Å². The van der Waals surface area contributed by atoms with Crippen LogP contribution in [-0.2, 0) is 0 Å². The Bertz CT molecular complexity index is 280. The SMILES string of the molecule is CCN1CCC(Nc2cnccn2)CC1. The van der Waals surface area contributed by atoms with E-state index in [1.54, 1.807) is 18.6 Å². The van der Waals surface area contributed by atoms with E-state index in [-0.39, 0.29) is 0 Å². The minimum atomic E-state index is 0.560. The molecule has 0 radical (unpaired) electrons. The van der Waals surface area contributed by atoms with Crippen LogP contribution in [-0.4, -0.2) is 40.5 Å². The summed E-state index contributed by atoms with van der Waals surface area (Å²) in [5.41, 5.74) is 0. The molecular formula is C11H18N4. The van der Waals surface area contributed by atoms with Crippen LogP contribution < -0.4 is 5.32 Å². The second kappa shape index (κ2) is 5.07. The van der Waals surface area contributed by atoms with E-state index in [4.69, 9.17) is 0 Å². The molecule has 4 nitrogen and oxygen atoms in total. The first-order valence-corrected chi connectivity index (χ1v) is 5.63. The fraction of sp³-hybridized carbons (Fsp3) is 0.636. The van der Waals surface area contributed by atoms with Crippen LogP contribution >= 0.6 is 0 Å². The number of anilines is 1. The molecule has 0 aromatic carbocycles. The molecule has 2 heterocycles. The van der Waals surface area contributed by atoms with Gasteiger partial charge in [0.2, 0.25) is 0 Å². The van der Waals surface area contributed by atoms with Gasteiger partial charge in [-0.05, 0) is 19.4 Å². The summed E-state index contributed by atoms with van der Waals surface area (Å²) in [4.78, 5) is 10.8. The standard InChI is InChI=1S/C11H18N4/c1-2-15-7-3-10(4-8-15)14-11-9-12-5-6-13-11/h5-6,9-10H,2-4,7-8H2,1H3,(H,13,14). The molecule has 1 aliphatic rings. The Hall–Kier alpha value is -1.16. The van der Waals surface area contributed by atoms with Gasteiger partial charge in [-0.1, -0.05) is 6.92 Å². The van der Waals surface area contributed by atoms with Gasteiger partial charge >= 0.3 is 0 Å². The molecule has 0 saturated carbocycles. The third kappa shape index (κ3) is 2.89. The van der Waals surface area contributed by atoms with Crippen molar-refractivity contribution in [2.45, 2.75) is 25.8 Å².